The number of aryl methyl sites for hydroxylation is 1. The van der Waals surface area contributed by atoms with E-state index in [0.29, 0.717) is 12.1 Å². The van der Waals surface area contributed by atoms with Crippen molar-refractivity contribution in [3.8, 4) is 0 Å². The van der Waals surface area contributed by atoms with Crippen LogP contribution in [0.1, 0.15) is 44.9 Å². The van der Waals surface area contributed by atoms with E-state index < -0.39 is 0 Å². The number of nitrogens with zero attached hydrogens (tertiary/aromatic N) is 2. The van der Waals surface area contributed by atoms with Gasteiger partial charge in [0.2, 0.25) is 5.13 Å². The van der Waals surface area contributed by atoms with Gasteiger partial charge >= 0.3 is 0 Å². The summed E-state index contributed by atoms with van der Waals surface area (Å²) in [5.41, 5.74) is 5.87. The average molecular weight is 284 g/mol. The predicted molar refractivity (Wildman–Crippen MR) is 78.6 cm³/mol. The summed E-state index contributed by atoms with van der Waals surface area (Å²) in [7, 11) is 0. The Morgan fingerprint density at radius 3 is 2.84 bits per heavy atom. The van der Waals surface area contributed by atoms with Crippen LogP contribution in [0.3, 0.4) is 0 Å². The number of ether oxygens (including phenoxy) is 1. The fourth-order valence-electron chi connectivity index (χ4n) is 2.24. The molecule has 1 aliphatic carbocycles. The van der Waals surface area contributed by atoms with Crippen LogP contribution in [-0.4, -0.2) is 34.7 Å². The molecule has 0 unspecified atom stereocenters. The first kappa shape index (κ1) is 14.7. The molecule has 3 N–H and O–H groups in total. The van der Waals surface area contributed by atoms with Gasteiger partial charge in [-0.15, -0.1) is 0 Å². The summed E-state index contributed by atoms with van der Waals surface area (Å²) in [5.74, 6) is 0.919. The van der Waals surface area contributed by atoms with Crippen molar-refractivity contribution in [1.82, 2.24) is 9.36 Å². The van der Waals surface area contributed by atoms with E-state index in [1.54, 1.807) is 0 Å². The molecule has 1 fully saturated rings. The van der Waals surface area contributed by atoms with Gasteiger partial charge in [-0.25, -0.2) is 4.98 Å². The monoisotopic (exact) mass is 284 g/mol. The second-order valence-electron chi connectivity index (χ2n) is 5.06. The zero-order valence-electron chi connectivity index (χ0n) is 11.6. The van der Waals surface area contributed by atoms with Crippen molar-refractivity contribution in [2.75, 3.05) is 18.5 Å². The Morgan fingerprint density at radius 1 is 1.37 bits per heavy atom. The van der Waals surface area contributed by atoms with Crippen molar-refractivity contribution in [1.29, 1.82) is 0 Å². The Balaban J connectivity index is 1.52. The quantitative estimate of drug-likeness (QED) is 0.751. The Kier molecular flexibility index (Phi) is 6.00. The fraction of sp³-hybridized carbons (Fsp3) is 0.846. The third-order valence-electron chi connectivity index (χ3n) is 3.45. The molecule has 1 aliphatic rings. The van der Waals surface area contributed by atoms with E-state index >= 15 is 0 Å². The van der Waals surface area contributed by atoms with Gasteiger partial charge in [-0.05, 0) is 32.1 Å². The molecule has 2 rings (SSSR count). The van der Waals surface area contributed by atoms with Crippen molar-refractivity contribution in [2.24, 2.45) is 5.73 Å². The summed E-state index contributed by atoms with van der Waals surface area (Å²) in [4.78, 5) is 4.37. The van der Waals surface area contributed by atoms with Crippen molar-refractivity contribution < 1.29 is 4.74 Å². The van der Waals surface area contributed by atoms with E-state index in [-0.39, 0.29) is 0 Å². The second-order valence-corrected chi connectivity index (χ2v) is 5.81. The molecule has 108 valence electrons. The van der Waals surface area contributed by atoms with Gasteiger partial charge in [0.05, 0.1) is 6.10 Å². The molecule has 0 spiro atoms. The van der Waals surface area contributed by atoms with E-state index in [4.69, 9.17) is 10.5 Å². The SMILES string of the molecule is CCc1nsc(NCCCOC2CCC(N)CC2)n1. The molecule has 0 amide bonds. The Hall–Kier alpha value is -0.720. The van der Waals surface area contributed by atoms with Gasteiger partial charge in [0.15, 0.2) is 0 Å². The van der Waals surface area contributed by atoms with Crippen molar-refractivity contribution >= 4 is 16.7 Å². The summed E-state index contributed by atoms with van der Waals surface area (Å²) in [6.07, 6.45) is 6.76. The first-order valence-electron chi connectivity index (χ1n) is 7.21. The molecule has 5 nitrogen and oxygen atoms in total. The number of aromatic nitrogens is 2. The first-order valence-corrected chi connectivity index (χ1v) is 7.99. The van der Waals surface area contributed by atoms with Crippen LogP contribution >= 0.6 is 11.5 Å². The number of rotatable bonds is 7. The number of anilines is 1. The zero-order valence-corrected chi connectivity index (χ0v) is 12.4. The average Bonchev–Trinajstić information content (AvgIpc) is 2.88. The molecule has 0 aliphatic heterocycles. The molecule has 0 aromatic carbocycles. The molecule has 0 saturated heterocycles. The lowest BCUT2D eigenvalue weighted by molar-refractivity contribution is 0.0251. The number of hydrogen-bond acceptors (Lipinski definition) is 6. The Labute approximate surface area is 119 Å². The molecule has 6 heteroatoms. The van der Waals surface area contributed by atoms with Crippen LogP contribution in [-0.2, 0) is 11.2 Å². The van der Waals surface area contributed by atoms with Gasteiger partial charge in [-0.2, -0.15) is 4.37 Å². The third kappa shape index (κ3) is 5.04. The molecule has 1 aromatic heterocycles. The maximum atomic E-state index is 5.87. The van der Waals surface area contributed by atoms with Gasteiger partial charge in [-0.1, -0.05) is 6.92 Å². The van der Waals surface area contributed by atoms with Crippen LogP contribution in [0.2, 0.25) is 0 Å². The maximum absolute atomic E-state index is 5.87. The predicted octanol–water partition coefficient (Wildman–Crippen LogP) is 2.19. The summed E-state index contributed by atoms with van der Waals surface area (Å²) >= 11 is 1.43. The van der Waals surface area contributed by atoms with Crippen LogP contribution in [0.25, 0.3) is 0 Å². The summed E-state index contributed by atoms with van der Waals surface area (Å²) in [5, 5.41) is 4.21. The van der Waals surface area contributed by atoms with Gasteiger partial charge in [-0.3, -0.25) is 0 Å². The van der Waals surface area contributed by atoms with Crippen molar-refractivity contribution in [2.45, 2.75) is 57.6 Å². The smallest absolute Gasteiger partial charge is 0.202 e. The Bertz CT molecular complexity index is 363. The second kappa shape index (κ2) is 7.77. The fourth-order valence-corrected chi connectivity index (χ4v) is 2.92. The highest BCUT2D eigenvalue weighted by Crippen LogP contribution is 2.19. The topological polar surface area (TPSA) is 73.1 Å². The van der Waals surface area contributed by atoms with Crippen LogP contribution < -0.4 is 11.1 Å². The lowest BCUT2D eigenvalue weighted by Crippen LogP contribution is -2.30. The number of hydrogen-bond donors (Lipinski definition) is 2. The van der Waals surface area contributed by atoms with E-state index in [0.717, 1.165) is 62.6 Å². The van der Waals surface area contributed by atoms with Gasteiger partial charge in [0, 0.05) is 37.1 Å². The lowest BCUT2D eigenvalue weighted by Gasteiger charge is -2.26. The minimum absolute atomic E-state index is 0.395. The summed E-state index contributed by atoms with van der Waals surface area (Å²) < 4.78 is 10.1. The summed E-state index contributed by atoms with van der Waals surface area (Å²) in [6.45, 7) is 3.77. The minimum Gasteiger partial charge on any atom is -0.378 e. The molecule has 1 saturated carbocycles. The van der Waals surface area contributed by atoms with Crippen LogP contribution in [0.4, 0.5) is 5.13 Å². The van der Waals surface area contributed by atoms with E-state index in [9.17, 15) is 0 Å². The highest BCUT2D eigenvalue weighted by atomic mass is 32.1. The molecule has 0 radical (unpaired) electrons. The van der Waals surface area contributed by atoms with Crippen LogP contribution in [0, 0.1) is 0 Å². The molecule has 0 atom stereocenters. The first-order chi connectivity index (χ1) is 9.28. The molecule has 1 heterocycles. The molecule has 1 aromatic rings. The Morgan fingerprint density at radius 2 is 2.16 bits per heavy atom. The van der Waals surface area contributed by atoms with Gasteiger partial charge in [0.1, 0.15) is 5.82 Å². The molecular formula is C13H24N4OS. The number of nitrogens with two attached hydrogens (primary N) is 1. The normalized spacial score (nSPS) is 23.5. The molecule has 0 bridgehead atoms. The molecular weight excluding hydrogens is 260 g/mol. The van der Waals surface area contributed by atoms with Gasteiger partial charge < -0.3 is 15.8 Å². The van der Waals surface area contributed by atoms with Crippen LogP contribution in [0.5, 0.6) is 0 Å². The standard InChI is InChI=1S/C13H24N4OS/c1-2-12-16-13(19-17-12)15-8-3-9-18-11-6-4-10(14)5-7-11/h10-11H,2-9,14H2,1H3,(H,15,16,17). The molecule has 19 heavy (non-hydrogen) atoms. The van der Waals surface area contributed by atoms with Crippen molar-refractivity contribution in [3.63, 3.8) is 0 Å². The zero-order chi connectivity index (χ0) is 13.5. The minimum atomic E-state index is 0.395. The van der Waals surface area contributed by atoms with Crippen molar-refractivity contribution in [3.05, 3.63) is 5.82 Å². The lowest BCUT2D eigenvalue weighted by atomic mass is 9.94. The highest BCUT2D eigenvalue weighted by molar-refractivity contribution is 7.09. The summed E-state index contributed by atoms with van der Waals surface area (Å²) in [6, 6.07) is 0.395. The number of nitrogens with one attached hydrogen (secondary N) is 1. The largest absolute Gasteiger partial charge is 0.378 e. The van der Waals surface area contributed by atoms with E-state index in [1.165, 1.54) is 11.5 Å². The highest BCUT2D eigenvalue weighted by Gasteiger charge is 2.18. The van der Waals surface area contributed by atoms with Gasteiger partial charge in [0.25, 0.3) is 0 Å². The van der Waals surface area contributed by atoms with E-state index in [1.807, 2.05) is 0 Å². The maximum Gasteiger partial charge on any atom is 0.202 e. The third-order valence-corrected chi connectivity index (χ3v) is 4.16. The van der Waals surface area contributed by atoms with Crippen LogP contribution in [0.15, 0.2) is 0 Å². The van der Waals surface area contributed by atoms with E-state index in [2.05, 4.69) is 21.6 Å².